The van der Waals surface area contributed by atoms with Gasteiger partial charge >= 0.3 is 0 Å². The van der Waals surface area contributed by atoms with Crippen molar-refractivity contribution in [2.75, 3.05) is 11.5 Å². The quantitative estimate of drug-likeness (QED) is 0.663. The van der Waals surface area contributed by atoms with Crippen LogP contribution in [0, 0.1) is 0 Å². The van der Waals surface area contributed by atoms with Gasteiger partial charge in [0.2, 0.25) is 0 Å². The number of rotatable bonds is 1. The molecule has 1 heterocycles. The highest BCUT2D eigenvalue weighted by Gasteiger charge is 2.28. The minimum absolute atomic E-state index is 0.462. The van der Waals surface area contributed by atoms with E-state index in [9.17, 15) is 5.11 Å². The topological polar surface area (TPSA) is 20.2 Å². The second-order valence-corrected chi connectivity index (χ2v) is 5.62. The molecule has 1 N–H and O–H groups in total. The van der Waals surface area contributed by atoms with Crippen LogP contribution in [0.2, 0.25) is 0 Å². The third-order valence-corrected chi connectivity index (χ3v) is 5.05. The molecular weight excluding hydrogens is 164 g/mol. The van der Waals surface area contributed by atoms with Crippen LogP contribution < -0.4 is 0 Å². The Morgan fingerprint density at radius 3 is 2.80 bits per heavy atom. The van der Waals surface area contributed by atoms with Crippen LogP contribution in [0.4, 0.5) is 0 Å². The zero-order chi connectivity index (χ0) is 7.61. The maximum Gasteiger partial charge on any atom is 0.116 e. The summed E-state index contributed by atoms with van der Waals surface area (Å²) in [7, 11) is 0. The van der Waals surface area contributed by atoms with Crippen LogP contribution in [0.3, 0.4) is 0 Å². The minimum Gasteiger partial charge on any atom is -0.379 e. The molecule has 1 rings (SSSR count). The molecule has 1 saturated heterocycles. The molecule has 1 nitrogen and oxygen atoms in total. The molecule has 0 aromatic heterocycles. The Kier molecular flexibility index (Phi) is 2.95. The highest BCUT2D eigenvalue weighted by molar-refractivity contribution is 8.07. The molecule has 2 unspecified atom stereocenters. The maximum atomic E-state index is 9.53. The summed E-state index contributed by atoms with van der Waals surface area (Å²) in [5, 5.41) is 10.3. The van der Waals surface area contributed by atoms with Gasteiger partial charge in [-0.1, -0.05) is 6.92 Å². The molecule has 0 aromatic carbocycles. The molecule has 0 spiro atoms. The molecule has 1 aliphatic rings. The van der Waals surface area contributed by atoms with Crippen molar-refractivity contribution < 1.29 is 5.11 Å². The van der Waals surface area contributed by atoms with Gasteiger partial charge in [0.25, 0.3) is 0 Å². The van der Waals surface area contributed by atoms with Gasteiger partial charge in [-0.3, -0.25) is 0 Å². The van der Waals surface area contributed by atoms with Gasteiger partial charge in [0.1, 0.15) is 4.93 Å². The highest BCUT2D eigenvalue weighted by atomic mass is 32.2. The molecule has 3 heteroatoms. The standard InChI is InChI=1S/C7H14OS2/c1-3-6-4-10-7(2,8)5-9-6/h6,8H,3-5H2,1-2H3. The lowest BCUT2D eigenvalue weighted by Crippen LogP contribution is -2.31. The molecule has 10 heavy (non-hydrogen) atoms. The van der Waals surface area contributed by atoms with Crippen LogP contribution in [0.5, 0.6) is 0 Å². The number of hydrogen-bond donors (Lipinski definition) is 1. The zero-order valence-corrected chi connectivity index (χ0v) is 8.10. The molecule has 0 aliphatic carbocycles. The van der Waals surface area contributed by atoms with E-state index in [2.05, 4.69) is 6.92 Å². The first kappa shape index (κ1) is 8.75. The summed E-state index contributed by atoms with van der Waals surface area (Å²) in [6.45, 7) is 4.11. The molecule has 1 aliphatic heterocycles. The van der Waals surface area contributed by atoms with Crippen molar-refractivity contribution in [2.45, 2.75) is 30.5 Å². The van der Waals surface area contributed by atoms with Crippen molar-refractivity contribution >= 4 is 23.5 Å². The van der Waals surface area contributed by atoms with Gasteiger partial charge in [0, 0.05) is 16.8 Å². The van der Waals surface area contributed by atoms with Gasteiger partial charge in [-0.25, -0.2) is 0 Å². The van der Waals surface area contributed by atoms with E-state index in [1.165, 1.54) is 6.42 Å². The van der Waals surface area contributed by atoms with Gasteiger partial charge in [-0.2, -0.15) is 11.8 Å². The van der Waals surface area contributed by atoms with E-state index < -0.39 is 4.93 Å². The second-order valence-electron chi connectivity index (χ2n) is 2.83. The van der Waals surface area contributed by atoms with E-state index in [1.54, 1.807) is 11.8 Å². The van der Waals surface area contributed by atoms with Crippen LogP contribution in [-0.2, 0) is 0 Å². The number of aliphatic hydroxyl groups is 1. The number of hydrogen-bond acceptors (Lipinski definition) is 3. The molecule has 0 bridgehead atoms. The van der Waals surface area contributed by atoms with E-state index >= 15 is 0 Å². The molecule has 0 aromatic rings. The maximum absolute atomic E-state index is 9.53. The Hall–Kier alpha value is 0.660. The first-order valence-electron chi connectivity index (χ1n) is 3.62. The summed E-state index contributed by atoms with van der Waals surface area (Å²) in [6, 6.07) is 0. The summed E-state index contributed by atoms with van der Waals surface area (Å²) in [6.07, 6.45) is 1.23. The molecule has 1 fully saturated rings. The molecule has 0 saturated carbocycles. The van der Waals surface area contributed by atoms with Crippen molar-refractivity contribution in [3.63, 3.8) is 0 Å². The van der Waals surface area contributed by atoms with Crippen molar-refractivity contribution in [3.8, 4) is 0 Å². The lowest BCUT2D eigenvalue weighted by Gasteiger charge is -2.31. The van der Waals surface area contributed by atoms with E-state index in [4.69, 9.17) is 0 Å². The third-order valence-electron chi connectivity index (χ3n) is 1.62. The number of thioether (sulfide) groups is 2. The summed E-state index contributed by atoms with van der Waals surface area (Å²) in [5.74, 6) is 1.99. The van der Waals surface area contributed by atoms with Crippen LogP contribution in [-0.4, -0.2) is 26.8 Å². The average molecular weight is 178 g/mol. The Morgan fingerprint density at radius 1 is 1.70 bits per heavy atom. The summed E-state index contributed by atoms with van der Waals surface area (Å²) in [5.41, 5.74) is 0. The SMILES string of the molecule is CCC1CSC(C)(O)CS1. The van der Waals surface area contributed by atoms with Crippen molar-refractivity contribution in [3.05, 3.63) is 0 Å². The van der Waals surface area contributed by atoms with Crippen molar-refractivity contribution in [2.24, 2.45) is 0 Å². The van der Waals surface area contributed by atoms with Gasteiger partial charge in [-0.05, 0) is 13.3 Å². The van der Waals surface area contributed by atoms with E-state index in [-0.39, 0.29) is 0 Å². The van der Waals surface area contributed by atoms with Crippen LogP contribution >= 0.6 is 23.5 Å². The Bertz CT molecular complexity index is 104. The van der Waals surface area contributed by atoms with Gasteiger partial charge in [0.15, 0.2) is 0 Å². The average Bonchev–Trinajstić information content (AvgIpc) is 1.88. The van der Waals surface area contributed by atoms with Gasteiger partial charge in [0.05, 0.1) is 0 Å². The van der Waals surface area contributed by atoms with Crippen LogP contribution in [0.15, 0.2) is 0 Å². The second kappa shape index (κ2) is 3.37. The third kappa shape index (κ3) is 2.36. The van der Waals surface area contributed by atoms with E-state index in [0.29, 0.717) is 0 Å². The predicted octanol–water partition coefficient (Wildman–Crippen LogP) is 1.95. The van der Waals surface area contributed by atoms with Crippen LogP contribution in [0.25, 0.3) is 0 Å². The normalized spacial score (nSPS) is 41.7. The van der Waals surface area contributed by atoms with Crippen molar-refractivity contribution in [1.29, 1.82) is 0 Å². The molecule has 0 amide bonds. The van der Waals surface area contributed by atoms with E-state index in [0.717, 1.165) is 16.8 Å². The fourth-order valence-corrected chi connectivity index (χ4v) is 3.56. The highest BCUT2D eigenvalue weighted by Crippen LogP contribution is 2.37. The smallest absolute Gasteiger partial charge is 0.116 e. The first-order chi connectivity index (χ1) is 4.64. The van der Waals surface area contributed by atoms with Gasteiger partial charge < -0.3 is 5.11 Å². The minimum atomic E-state index is -0.462. The summed E-state index contributed by atoms with van der Waals surface area (Å²) in [4.78, 5) is -0.462. The van der Waals surface area contributed by atoms with E-state index in [1.807, 2.05) is 18.7 Å². The lowest BCUT2D eigenvalue weighted by atomic mass is 10.4. The monoisotopic (exact) mass is 178 g/mol. The summed E-state index contributed by atoms with van der Waals surface area (Å²) < 4.78 is 0. The van der Waals surface area contributed by atoms with Gasteiger partial charge in [-0.15, -0.1) is 11.8 Å². The summed E-state index contributed by atoms with van der Waals surface area (Å²) >= 11 is 3.59. The Labute approximate surface area is 71.0 Å². The predicted molar refractivity (Wildman–Crippen MR) is 49.6 cm³/mol. The Balaban J connectivity index is 2.31. The largest absolute Gasteiger partial charge is 0.379 e. The fraction of sp³-hybridized carbons (Fsp3) is 1.00. The lowest BCUT2D eigenvalue weighted by molar-refractivity contribution is 0.183. The fourth-order valence-electron chi connectivity index (χ4n) is 0.870. The Morgan fingerprint density at radius 2 is 2.40 bits per heavy atom. The first-order valence-corrected chi connectivity index (χ1v) is 5.65. The van der Waals surface area contributed by atoms with Crippen molar-refractivity contribution in [1.82, 2.24) is 0 Å². The molecule has 2 atom stereocenters. The molecular formula is C7H14OS2. The zero-order valence-electron chi connectivity index (χ0n) is 6.46. The molecule has 60 valence electrons. The molecule has 0 radical (unpaired) electrons. The van der Waals surface area contributed by atoms with Crippen LogP contribution in [0.1, 0.15) is 20.3 Å².